The molecule has 32 heavy (non-hydrogen) atoms. The number of nitro benzene ring substituents is 1. The second kappa shape index (κ2) is 15.1. The molecule has 2 rings (SSSR count). The van der Waals surface area contributed by atoms with E-state index in [-0.39, 0.29) is 5.69 Å². The SMILES string of the molecule is CN(CCCCCCCCCCCCO)c1ccc(N=Nc2ccc([N+](=O)[O-])cc2)cc1. The number of unbranched alkanes of at least 4 members (excludes halogenated alkanes) is 9. The van der Waals surface area contributed by atoms with Crippen molar-refractivity contribution < 1.29 is 10.0 Å². The number of hydrogen-bond acceptors (Lipinski definition) is 6. The summed E-state index contributed by atoms with van der Waals surface area (Å²) in [5.41, 5.74) is 2.53. The molecule has 0 radical (unpaired) electrons. The van der Waals surface area contributed by atoms with Crippen LogP contribution in [0.2, 0.25) is 0 Å². The molecular formula is C25H36N4O3. The van der Waals surface area contributed by atoms with Crippen molar-refractivity contribution in [3.05, 3.63) is 58.6 Å². The minimum absolute atomic E-state index is 0.0432. The summed E-state index contributed by atoms with van der Waals surface area (Å²) in [6.07, 6.45) is 12.4. The fraction of sp³-hybridized carbons (Fsp3) is 0.520. The van der Waals surface area contributed by atoms with Crippen LogP contribution in [0.3, 0.4) is 0 Å². The van der Waals surface area contributed by atoms with E-state index in [2.05, 4.69) is 22.2 Å². The lowest BCUT2D eigenvalue weighted by molar-refractivity contribution is -0.384. The summed E-state index contributed by atoms with van der Waals surface area (Å²) < 4.78 is 0. The first-order valence-corrected chi connectivity index (χ1v) is 11.7. The monoisotopic (exact) mass is 440 g/mol. The fourth-order valence-electron chi connectivity index (χ4n) is 3.53. The van der Waals surface area contributed by atoms with E-state index >= 15 is 0 Å². The van der Waals surface area contributed by atoms with Crippen molar-refractivity contribution in [3.8, 4) is 0 Å². The lowest BCUT2D eigenvalue weighted by Gasteiger charge is -2.19. The second-order valence-corrected chi connectivity index (χ2v) is 8.17. The Kier molecular flexibility index (Phi) is 12.0. The van der Waals surface area contributed by atoms with Gasteiger partial charge in [-0.05, 0) is 49.2 Å². The fourth-order valence-corrected chi connectivity index (χ4v) is 3.53. The Labute approximate surface area is 191 Å². The third-order valence-electron chi connectivity index (χ3n) is 5.53. The Hall–Kier alpha value is -2.80. The first kappa shape index (κ1) is 25.5. The van der Waals surface area contributed by atoms with Gasteiger partial charge >= 0.3 is 0 Å². The summed E-state index contributed by atoms with van der Waals surface area (Å²) in [4.78, 5) is 12.5. The molecule has 0 bridgehead atoms. The maximum absolute atomic E-state index is 10.7. The van der Waals surface area contributed by atoms with Crippen molar-refractivity contribution in [3.63, 3.8) is 0 Å². The molecule has 0 saturated heterocycles. The van der Waals surface area contributed by atoms with Crippen LogP contribution in [0.4, 0.5) is 22.7 Å². The van der Waals surface area contributed by atoms with Gasteiger partial charge in [-0.2, -0.15) is 10.2 Å². The Balaban J connectivity index is 1.62. The van der Waals surface area contributed by atoms with Crippen LogP contribution in [0.15, 0.2) is 58.8 Å². The predicted octanol–water partition coefficient (Wildman–Crippen LogP) is 7.34. The van der Waals surface area contributed by atoms with Gasteiger partial charge in [0.15, 0.2) is 0 Å². The van der Waals surface area contributed by atoms with Gasteiger partial charge in [-0.1, -0.05) is 51.4 Å². The van der Waals surface area contributed by atoms with Gasteiger partial charge in [0.05, 0.1) is 16.3 Å². The topological polar surface area (TPSA) is 91.3 Å². The van der Waals surface area contributed by atoms with E-state index in [0.29, 0.717) is 12.3 Å². The van der Waals surface area contributed by atoms with E-state index in [1.807, 2.05) is 24.3 Å². The molecule has 0 saturated carbocycles. The van der Waals surface area contributed by atoms with Crippen LogP contribution in [0, 0.1) is 10.1 Å². The first-order valence-electron chi connectivity index (χ1n) is 11.7. The smallest absolute Gasteiger partial charge is 0.269 e. The molecule has 2 aromatic carbocycles. The van der Waals surface area contributed by atoms with Crippen LogP contribution < -0.4 is 4.90 Å². The Morgan fingerprint density at radius 2 is 1.19 bits per heavy atom. The van der Waals surface area contributed by atoms with Crippen LogP contribution >= 0.6 is 0 Å². The lowest BCUT2D eigenvalue weighted by atomic mass is 10.1. The zero-order valence-corrected chi connectivity index (χ0v) is 19.2. The van der Waals surface area contributed by atoms with E-state index in [9.17, 15) is 10.1 Å². The van der Waals surface area contributed by atoms with Crippen LogP contribution in [0.5, 0.6) is 0 Å². The number of benzene rings is 2. The minimum Gasteiger partial charge on any atom is -0.396 e. The third-order valence-corrected chi connectivity index (χ3v) is 5.53. The van der Waals surface area contributed by atoms with Gasteiger partial charge in [-0.25, -0.2) is 0 Å². The zero-order chi connectivity index (χ0) is 23.0. The molecule has 0 atom stereocenters. The average Bonchev–Trinajstić information content (AvgIpc) is 2.81. The predicted molar refractivity (Wildman–Crippen MR) is 130 cm³/mol. The van der Waals surface area contributed by atoms with Gasteiger partial charge in [0.25, 0.3) is 5.69 Å². The van der Waals surface area contributed by atoms with Gasteiger partial charge in [0.1, 0.15) is 0 Å². The quantitative estimate of drug-likeness (QED) is 0.128. The first-order chi connectivity index (χ1) is 15.6. The number of aliphatic hydroxyl groups is 1. The number of nitrogens with zero attached hydrogens (tertiary/aromatic N) is 4. The van der Waals surface area contributed by atoms with Crippen molar-refractivity contribution in [2.24, 2.45) is 10.2 Å². The van der Waals surface area contributed by atoms with Crippen molar-refractivity contribution >= 4 is 22.7 Å². The summed E-state index contributed by atoms with van der Waals surface area (Å²) >= 11 is 0. The lowest BCUT2D eigenvalue weighted by Crippen LogP contribution is -2.18. The maximum atomic E-state index is 10.7. The zero-order valence-electron chi connectivity index (χ0n) is 19.2. The molecule has 0 aromatic heterocycles. The Bertz CT molecular complexity index is 807. The number of anilines is 1. The summed E-state index contributed by atoms with van der Waals surface area (Å²) in [6.45, 7) is 1.36. The van der Waals surface area contributed by atoms with E-state index < -0.39 is 4.92 Å². The number of hydrogen-bond donors (Lipinski definition) is 1. The highest BCUT2D eigenvalue weighted by atomic mass is 16.6. The molecule has 2 aromatic rings. The molecule has 7 heteroatoms. The maximum Gasteiger partial charge on any atom is 0.269 e. The van der Waals surface area contributed by atoms with Gasteiger partial charge < -0.3 is 10.0 Å². The molecule has 1 N–H and O–H groups in total. The van der Waals surface area contributed by atoms with E-state index in [4.69, 9.17) is 5.11 Å². The number of non-ortho nitro benzene ring substituents is 1. The van der Waals surface area contributed by atoms with Gasteiger partial charge in [-0.15, -0.1) is 0 Å². The number of nitro groups is 1. The van der Waals surface area contributed by atoms with Crippen LogP contribution in [0.1, 0.15) is 64.2 Å². The highest BCUT2D eigenvalue weighted by molar-refractivity contribution is 5.52. The number of azo groups is 1. The third kappa shape index (κ3) is 10.0. The summed E-state index contributed by atoms with van der Waals surface area (Å²) in [6, 6.07) is 14.0. The molecule has 0 amide bonds. The normalized spacial score (nSPS) is 11.2. The summed E-state index contributed by atoms with van der Waals surface area (Å²) in [5, 5.41) is 27.8. The largest absolute Gasteiger partial charge is 0.396 e. The molecule has 0 unspecified atom stereocenters. The van der Waals surface area contributed by atoms with Crippen LogP contribution in [-0.2, 0) is 0 Å². The number of aliphatic hydroxyl groups excluding tert-OH is 1. The highest BCUT2D eigenvalue weighted by Crippen LogP contribution is 2.23. The molecule has 174 valence electrons. The standard InChI is InChI=1S/C25H36N4O3/c1-28(20-10-8-6-4-2-3-5-7-9-11-21-30)24-16-12-22(13-17-24)26-27-23-14-18-25(19-15-23)29(31)32/h12-19,30H,2-11,20-21H2,1H3. The average molecular weight is 441 g/mol. The van der Waals surface area contributed by atoms with Crippen molar-refractivity contribution in [2.45, 2.75) is 64.2 Å². The molecule has 0 aliphatic carbocycles. The van der Waals surface area contributed by atoms with E-state index in [1.54, 1.807) is 12.1 Å². The number of rotatable bonds is 16. The minimum atomic E-state index is -0.430. The summed E-state index contributed by atoms with van der Waals surface area (Å²) in [7, 11) is 2.11. The van der Waals surface area contributed by atoms with Gasteiger partial charge in [0, 0.05) is 38.0 Å². The second-order valence-electron chi connectivity index (χ2n) is 8.17. The molecule has 7 nitrogen and oxygen atoms in total. The highest BCUT2D eigenvalue weighted by Gasteiger charge is 2.04. The van der Waals surface area contributed by atoms with Crippen molar-refractivity contribution in [1.29, 1.82) is 0 Å². The van der Waals surface area contributed by atoms with E-state index in [0.717, 1.165) is 30.8 Å². The summed E-state index contributed by atoms with van der Waals surface area (Å²) in [5.74, 6) is 0. The Morgan fingerprint density at radius 3 is 1.66 bits per heavy atom. The van der Waals surface area contributed by atoms with Crippen LogP contribution in [0.25, 0.3) is 0 Å². The molecule has 0 aliphatic heterocycles. The molecule has 0 aliphatic rings. The Morgan fingerprint density at radius 1 is 0.750 bits per heavy atom. The van der Waals surface area contributed by atoms with Crippen LogP contribution in [-0.4, -0.2) is 30.2 Å². The molecular weight excluding hydrogens is 404 g/mol. The van der Waals surface area contributed by atoms with Gasteiger partial charge in [0.2, 0.25) is 0 Å². The van der Waals surface area contributed by atoms with Crippen molar-refractivity contribution in [1.82, 2.24) is 0 Å². The van der Waals surface area contributed by atoms with Gasteiger partial charge in [-0.3, -0.25) is 10.1 Å². The molecule has 0 spiro atoms. The van der Waals surface area contributed by atoms with Crippen molar-refractivity contribution in [2.75, 3.05) is 25.1 Å². The molecule has 0 fully saturated rings. The van der Waals surface area contributed by atoms with E-state index in [1.165, 1.54) is 63.5 Å². The molecule has 0 heterocycles.